The lowest BCUT2D eigenvalue weighted by atomic mass is 10.1. The molecule has 1 aromatic heterocycles. The molecule has 1 aromatic carbocycles. The molecule has 0 spiro atoms. The molecule has 7 nitrogen and oxygen atoms in total. The molecule has 1 atom stereocenters. The van der Waals surface area contributed by atoms with Crippen molar-refractivity contribution in [2.75, 3.05) is 5.32 Å². The molecule has 0 aliphatic carbocycles. The third kappa shape index (κ3) is 3.79. The van der Waals surface area contributed by atoms with Crippen molar-refractivity contribution in [3.63, 3.8) is 0 Å². The number of aryl methyl sites for hydroxylation is 1. The maximum absolute atomic E-state index is 11.7. The number of nitrogens with one attached hydrogen (secondary N) is 2. The molecule has 0 fully saturated rings. The number of benzene rings is 1. The zero-order valence-corrected chi connectivity index (χ0v) is 11.4. The SMILES string of the molecule is Cc1nc(CNC(=O)Nc2ccc(C(C)N)cc2)no1. The highest BCUT2D eigenvalue weighted by atomic mass is 16.5. The molecule has 2 amide bonds. The Hall–Kier alpha value is -2.41. The van der Waals surface area contributed by atoms with Crippen molar-refractivity contribution in [3.05, 3.63) is 41.5 Å². The quantitative estimate of drug-likeness (QED) is 0.787. The van der Waals surface area contributed by atoms with E-state index >= 15 is 0 Å². The molecule has 4 N–H and O–H groups in total. The van der Waals surface area contributed by atoms with Gasteiger partial charge in [-0.25, -0.2) is 4.79 Å². The number of carbonyl (C=O) groups excluding carboxylic acids is 1. The molecular weight excluding hydrogens is 258 g/mol. The average molecular weight is 275 g/mol. The van der Waals surface area contributed by atoms with Crippen molar-refractivity contribution in [1.29, 1.82) is 0 Å². The lowest BCUT2D eigenvalue weighted by molar-refractivity contribution is 0.251. The average Bonchev–Trinajstić information content (AvgIpc) is 2.83. The van der Waals surface area contributed by atoms with E-state index in [1.54, 1.807) is 19.1 Å². The van der Waals surface area contributed by atoms with Crippen LogP contribution in [0, 0.1) is 6.92 Å². The highest BCUT2D eigenvalue weighted by Crippen LogP contribution is 2.13. The van der Waals surface area contributed by atoms with E-state index in [0.717, 1.165) is 5.56 Å². The van der Waals surface area contributed by atoms with Crippen molar-refractivity contribution in [2.24, 2.45) is 5.73 Å². The van der Waals surface area contributed by atoms with Crippen LogP contribution in [0.4, 0.5) is 10.5 Å². The fourth-order valence-electron chi connectivity index (χ4n) is 1.62. The number of nitrogens with two attached hydrogens (primary N) is 1. The maximum atomic E-state index is 11.7. The minimum atomic E-state index is -0.332. The van der Waals surface area contributed by atoms with Gasteiger partial charge >= 0.3 is 6.03 Å². The minimum absolute atomic E-state index is 0.0284. The molecule has 2 aromatic rings. The molecule has 7 heteroatoms. The number of anilines is 1. The topological polar surface area (TPSA) is 106 Å². The predicted molar refractivity (Wildman–Crippen MR) is 73.9 cm³/mol. The highest BCUT2D eigenvalue weighted by Gasteiger charge is 2.06. The molecule has 0 saturated heterocycles. The van der Waals surface area contributed by atoms with E-state index in [-0.39, 0.29) is 18.6 Å². The Labute approximate surface area is 116 Å². The second-order valence-corrected chi connectivity index (χ2v) is 4.45. The summed E-state index contributed by atoms with van der Waals surface area (Å²) in [4.78, 5) is 15.7. The summed E-state index contributed by atoms with van der Waals surface area (Å²) in [5.41, 5.74) is 7.46. The van der Waals surface area contributed by atoms with E-state index in [2.05, 4.69) is 20.8 Å². The van der Waals surface area contributed by atoms with Gasteiger partial charge in [-0.3, -0.25) is 0 Å². The summed E-state index contributed by atoms with van der Waals surface area (Å²) in [6.07, 6.45) is 0. The van der Waals surface area contributed by atoms with Crippen LogP contribution < -0.4 is 16.4 Å². The van der Waals surface area contributed by atoms with Crippen LogP contribution in [0.25, 0.3) is 0 Å². The largest absolute Gasteiger partial charge is 0.340 e. The monoisotopic (exact) mass is 275 g/mol. The van der Waals surface area contributed by atoms with E-state index in [1.165, 1.54) is 0 Å². The molecular formula is C13H17N5O2. The first kappa shape index (κ1) is 14.0. The molecule has 106 valence electrons. The summed E-state index contributed by atoms with van der Waals surface area (Å²) in [6, 6.07) is 7.00. The molecule has 0 aliphatic rings. The maximum Gasteiger partial charge on any atom is 0.319 e. The Balaban J connectivity index is 1.84. The number of aromatic nitrogens is 2. The molecule has 1 heterocycles. The standard InChI is InChI=1S/C13H17N5O2/c1-8(14)10-3-5-11(6-4-10)17-13(19)15-7-12-16-9(2)20-18-12/h3-6,8H,7,14H2,1-2H3,(H2,15,17,19). The summed E-state index contributed by atoms with van der Waals surface area (Å²) in [5, 5.41) is 9.03. The fraction of sp³-hybridized carbons (Fsp3) is 0.308. The van der Waals surface area contributed by atoms with Crippen molar-refractivity contribution in [1.82, 2.24) is 15.5 Å². The molecule has 0 radical (unpaired) electrons. The van der Waals surface area contributed by atoms with Crippen LogP contribution in [-0.2, 0) is 6.54 Å². The molecule has 1 unspecified atom stereocenters. The fourth-order valence-corrected chi connectivity index (χ4v) is 1.62. The van der Waals surface area contributed by atoms with Gasteiger partial charge in [0.25, 0.3) is 0 Å². The summed E-state index contributed by atoms with van der Waals surface area (Å²) >= 11 is 0. The van der Waals surface area contributed by atoms with Gasteiger partial charge in [0.2, 0.25) is 5.89 Å². The van der Waals surface area contributed by atoms with Crippen molar-refractivity contribution in [3.8, 4) is 0 Å². The lowest BCUT2D eigenvalue weighted by Gasteiger charge is -2.08. The van der Waals surface area contributed by atoms with Gasteiger partial charge in [-0.2, -0.15) is 4.98 Å². The Morgan fingerprint density at radius 2 is 2.10 bits per heavy atom. The van der Waals surface area contributed by atoms with Crippen LogP contribution in [0.3, 0.4) is 0 Å². The zero-order valence-electron chi connectivity index (χ0n) is 11.4. The second-order valence-electron chi connectivity index (χ2n) is 4.45. The molecule has 0 saturated carbocycles. The first-order chi connectivity index (χ1) is 9.54. The molecule has 0 aliphatic heterocycles. The Kier molecular flexibility index (Phi) is 4.31. The third-order valence-electron chi connectivity index (χ3n) is 2.67. The number of amides is 2. The van der Waals surface area contributed by atoms with E-state index in [1.807, 2.05) is 19.1 Å². The highest BCUT2D eigenvalue weighted by molar-refractivity contribution is 5.89. The zero-order chi connectivity index (χ0) is 14.5. The van der Waals surface area contributed by atoms with E-state index in [0.29, 0.717) is 17.4 Å². The van der Waals surface area contributed by atoms with Gasteiger partial charge in [0.1, 0.15) is 0 Å². The number of rotatable bonds is 4. The third-order valence-corrected chi connectivity index (χ3v) is 2.67. The van der Waals surface area contributed by atoms with Crippen LogP contribution in [-0.4, -0.2) is 16.2 Å². The van der Waals surface area contributed by atoms with Gasteiger partial charge in [-0.1, -0.05) is 17.3 Å². The van der Waals surface area contributed by atoms with E-state index in [9.17, 15) is 4.79 Å². The van der Waals surface area contributed by atoms with Crippen LogP contribution in [0.2, 0.25) is 0 Å². The van der Waals surface area contributed by atoms with Crippen molar-refractivity contribution < 1.29 is 9.32 Å². The minimum Gasteiger partial charge on any atom is -0.340 e. The van der Waals surface area contributed by atoms with Crippen LogP contribution in [0.1, 0.15) is 30.2 Å². The van der Waals surface area contributed by atoms with Crippen LogP contribution >= 0.6 is 0 Å². The number of urea groups is 1. The van der Waals surface area contributed by atoms with E-state index in [4.69, 9.17) is 10.3 Å². The summed E-state index contributed by atoms with van der Waals surface area (Å²) < 4.78 is 4.81. The Morgan fingerprint density at radius 1 is 1.40 bits per heavy atom. The number of nitrogens with zero attached hydrogens (tertiary/aromatic N) is 2. The Morgan fingerprint density at radius 3 is 2.65 bits per heavy atom. The molecule has 2 rings (SSSR count). The summed E-state index contributed by atoms with van der Waals surface area (Å²) in [7, 11) is 0. The lowest BCUT2D eigenvalue weighted by Crippen LogP contribution is -2.28. The van der Waals surface area contributed by atoms with Gasteiger partial charge in [0.05, 0.1) is 6.54 Å². The first-order valence-electron chi connectivity index (χ1n) is 6.24. The van der Waals surface area contributed by atoms with Crippen LogP contribution in [0.5, 0.6) is 0 Å². The Bertz CT molecular complexity index is 577. The second kappa shape index (κ2) is 6.16. The van der Waals surface area contributed by atoms with Crippen LogP contribution in [0.15, 0.2) is 28.8 Å². The van der Waals surface area contributed by atoms with Gasteiger partial charge in [-0.15, -0.1) is 0 Å². The van der Waals surface area contributed by atoms with Gasteiger partial charge in [0.15, 0.2) is 5.82 Å². The van der Waals surface area contributed by atoms with Gasteiger partial charge < -0.3 is 20.9 Å². The predicted octanol–water partition coefficient (Wildman–Crippen LogP) is 1.72. The summed E-state index contributed by atoms with van der Waals surface area (Å²) in [5.74, 6) is 0.902. The van der Waals surface area contributed by atoms with Gasteiger partial charge in [0, 0.05) is 18.7 Å². The number of carbonyl (C=O) groups is 1. The van der Waals surface area contributed by atoms with E-state index < -0.39 is 0 Å². The first-order valence-corrected chi connectivity index (χ1v) is 6.24. The van der Waals surface area contributed by atoms with Gasteiger partial charge in [-0.05, 0) is 24.6 Å². The van der Waals surface area contributed by atoms with Crippen molar-refractivity contribution in [2.45, 2.75) is 26.4 Å². The molecule has 0 bridgehead atoms. The number of hydrogen-bond acceptors (Lipinski definition) is 5. The smallest absolute Gasteiger partial charge is 0.319 e. The number of hydrogen-bond donors (Lipinski definition) is 3. The van der Waals surface area contributed by atoms with Crippen molar-refractivity contribution >= 4 is 11.7 Å². The summed E-state index contributed by atoms with van der Waals surface area (Å²) in [6.45, 7) is 3.81. The normalized spacial score (nSPS) is 11.9. The molecule has 20 heavy (non-hydrogen) atoms.